The summed E-state index contributed by atoms with van der Waals surface area (Å²) in [4.78, 5) is 8.36. The average Bonchev–Trinajstić information content (AvgIpc) is 2.47. The lowest BCUT2D eigenvalue weighted by Crippen LogP contribution is -2.29. The smallest absolute Gasteiger partial charge is 0.423 e. The van der Waals surface area contributed by atoms with Crippen molar-refractivity contribution in [2.45, 2.75) is 0 Å². The molecule has 3 aromatic rings. The number of aromatic nitrogens is 2. The number of halogens is 1. The summed E-state index contributed by atoms with van der Waals surface area (Å²) >= 11 is 5.96. The fourth-order valence-electron chi connectivity index (χ4n) is 2.04. The molecule has 0 amide bonds. The van der Waals surface area contributed by atoms with E-state index in [4.69, 9.17) is 11.6 Å². The molecule has 3 N–H and O–H groups in total. The van der Waals surface area contributed by atoms with Gasteiger partial charge < -0.3 is 15.4 Å². The monoisotopic (exact) mass is 299 g/mol. The van der Waals surface area contributed by atoms with Crippen molar-refractivity contribution in [3.8, 4) is 0 Å². The van der Waals surface area contributed by atoms with Crippen LogP contribution in [0.25, 0.3) is 10.9 Å². The highest BCUT2D eigenvalue weighted by Gasteiger charge is 2.13. The molecule has 0 aliphatic carbocycles. The van der Waals surface area contributed by atoms with Gasteiger partial charge in [0.05, 0.1) is 5.52 Å². The van der Waals surface area contributed by atoms with Gasteiger partial charge in [-0.15, -0.1) is 0 Å². The van der Waals surface area contributed by atoms with Crippen LogP contribution in [0.5, 0.6) is 0 Å². The largest absolute Gasteiger partial charge is 0.488 e. The molecule has 0 fully saturated rings. The Balaban J connectivity index is 2.07. The molecule has 1 heterocycles. The maximum Gasteiger partial charge on any atom is 0.488 e. The van der Waals surface area contributed by atoms with Crippen LogP contribution < -0.4 is 10.8 Å². The summed E-state index contributed by atoms with van der Waals surface area (Å²) in [6, 6.07) is 12.2. The van der Waals surface area contributed by atoms with Crippen molar-refractivity contribution in [1.29, 1.82) is 0 Å². The topological polar surface area (TPSA) is 78.3 Å². The van der Waals surface area contributed by atoms with Gasteiger partial charge in [-0.3, -0.25) is 0 Å². The van der Waals surface area contributed by atoms with Crippen LogP contribution in [0.4, 0.5) is 11.5 Å². The second-order valence-corrected chi connectivity index (χ2v) is 4.94. The fraction of sp³-hybridized carbons (Fsp3) is 0. The molecule has 1 aromatic heterocycles. The zero-order valence-corrected chi connectivity index (χ0v) is 11.6. The highest BCUT2D eigenvalue weighted by atomic mass is 35.5. The standard InChI is InChI=1S/C14H11BClN3O2/c16-10-2-1-3-11(7-10)19-14-12-6-9(15(20)21)4-5-13(12)17-8-18-14/h1-8,20-21H,(H,17,18,19). The molecule has 0 bridgehead atoms. The zero-order chi connectivity index (χ0) is 14.8. The number of fused-ring (bicyclic) bond motifs is 1. The van der Waals surface area contributed by atoms with E-state index in [0.29, 0.717) is 27.2 Å². The summed E-state index contributed by atoms with van der Waals surface area (Å²) in [6.07, 6.45) is 1.45. The molecule has 104 valence electrons. The zero-order valence-electron chi connectivity index (χ0n) is 10.9. The summed E-state index contributed by atoms with van der Waals surface area (Å²) in [5.74, 6) is 0.574. The van der Waals surface area contributed by atoms with Crippen LogP contribution in [-0.2, 0) is 0 Å². The molecule has 21 heavy (non-hydrogen) atoms. The van der Waals surface area contributed by atoms with Crippen LogP contribution in [0.1, 0.15) is 0 Å². The molecule has 3 rings (SSSR count). The third-order valence-electron chi connectivity index (χ3n) is 3.04. The Morgan fingerprint density at radius 2 is 1.90 bits per heavy atom. The third kappa shape index (κ3) is 2.97. The number of nitrogens with one attached hydrogen (secondary N) is 1. The van der Waals surface area contributed by atoms with Gasteiger partial charge in [-0.25, -0.2) is 9.97 Å². The van der Waals surface area contributed by atoms with Crippen molar-refractivity contribution >= 4 is 46.6 Å². The molecule has 0 aliphatic rings. The predicted molar refractivity (Wildman–Crippen MR) is 84.1 cm³/mol. The second kappa shape index (κ2) is 5.69. The molecule has 0 spiro atoms. The SMILES string of the molecule is OB(O)c1ccc2ncnc(Nc3cccc(Cl)c3)c2c1. The second-order valence-electron chi connectivity index (χ2n) is 4.51. The number of nitrogens with zero attached hydrogens (tertiary/aromatic N) is 2. The minimum absolute atomic E-state index is 0.381. The molecule has 0 saturated carbocycles. The van der Waals surface area contributed by atoms with Crippen LogP contribution in [0.3, 0.4) is 0 Å². The van der Waals surface area contributed by atoms with Gasteiger partial charge in [-0.05, 0) is 35.8 Å². The molecule has 2 aromatic carbocycles. The first-order valence-corrected chi connectivity index (χ1v) is 6.65. The summed E-state index contributed by atoms with van der Waals surface area (Å²) in [5, 5.41) is 23.0. The maximum atomic E-state index is 9.28. The van der Waals surface area contributed by atoms with Gasteiger partial charge in [0.1, 0.15) is 12.1 Å². The van der Waals surface area contributed by atoms with E-state index in [1.54, 1.807) is 30.3 Å². The Labute approximate surface area is 126 Å². The van der Waals surface area contributed by atoms with E-state index < -0.39 is 7.12 Å². The first-order valence-electron chi connectivity index (χ1n) is 6.27. The van der Waals surface area contributed by atoms with E-state index in [0.717, 1.165) is 5.69 Å². The van der Waals surface area contributed by atoms with E-state index in [1.807, 2.05) is 12.1 Å². The fourth-order valence-corrected chi connectivity index (χ4v) is 2.23. The highest BCUT2D eigenvalue weighted by Crippen LogP contribution is 2.23. The lowest BCUT2D eigenvalue weighted by Gasteiger charge is -2.09. The first kappa shape index (κ1) is 13.8. The lowest BCUT2D eigenvalue weighted by molar-refractivity contribution is 0.426. The summed E-state index contributed by atoms with van der Waals surface area (Å²) in [7, 11) is -1.53. The van der Waals surface area contributed by atoms with Crippen LogP contribution in [0, 0.1) is 0 Å². The van der Waals surface area contributed by atoms with E-state index in [9.17, 15) is 10.0 Å². The van der Waals surface area contributed by atoms with Gasteiger partial charge in [0.2, 0.25) is 0 Å². The number of anilines is 2. The minimum Gasteiger partial charge on any atom is -0.423 e. The van der Waals surface area contributed by atoms with Crippen molar-refractivity contribution in [3.63, 3.8) is 0 Å². The Bertz CT molecular complexity index is 798. The van der Waals surface area contributed by atoms with E-state index in [1.165, 1.54) is 6.33 Å². The van der Waals surface area contributed by atoms with Crippen LogP contribution in [0.2, 0.25) is 5.02 Å². The van der Waals surface area contributed by atoms with Crippen molar-refractivity contribution in [1.82, 2.24) is 9.97 Å². The third-order valence-corrected chi connectivity index (χ3v) is 3.28. The van der Waals surface area contributed by atoms with Gasteiger partial charge in [-0.2, -0.15) is 0 Å². The van der Waals surface area contributed by atoms with Crippen molar-refractivity contribution < 1.29 is 10.0 Å². The van der Waals surface area contributed by atoms with Gasteiger partial charge in [0.25, 0.3) is 0 Å². The Morgan fingerprint density at radius 1 is 1.05 bits per heavy atom. The lowest BCUT2D eigenvalue weighted by atomic mass is 9.80. The van der Waals surface area contributed by atoms with Gasteiger partial charge in [0.15, 0.2) is 0 Å². The summed E-state index contributed by atoms with van der Waals surface area (Å²) in [6.45, 7) is 0. The summed E-state index contributed by atoms with van der Waals surface area (Å²) < 4.78 is 0. The van der Waals surface area contributed by atoms with Crippen LogP contribution in [-0.4, -0.2) is 27.1 Å². The van der Waals surface area contributed by atoms with Gasteiger partial charge in [-0.1, -0.05) is 23.7 Å². The highest BCUT2D eigenvalue weighted by molar-refractivity contribution is 6.59. The Morgan fingerprint density at radius 3 is 2.67 bits per heavy atom. The van der Waals surface area contributed by atoms with Gasteiger partial charge >= 0.3 is 7.12 Å². The van der Waals surface area contributed by atoms with E-state index >= 15 is 0 Å². The molecule has 7 heteroatoms. The molecular formula is C14H11BClN3O2. The number of hydrogen-bond acceptors (Lipinski definition) is 5. The molecule has 0 saturated heterocycles. The molecule has 5 nitrogen and oxygen atoms in total. The Kier molecular flexibility index (Phi) is 3.75. The molecule has 0 unspecified atom stereocenters. The van der Waals surface area contributed by atoms with Crippen molar-refractivity contribution in [3.05, 3.63) is 53.8 Å². The Hall–Kier alpha value is -2.15. The van der Waals surface area contributed by atoms with Crippen molar-refractivity contribution in [2.24, 2.45) is 0 Å². The first-order chi connectivity index (χ1) is 10.1. The average molecular weight is 300 g/mol. The quantitative estimate of drug-likeness (QED) is 0.642. The maximum absolute atomic E-state index is 9.28. The predicted octanol–water partition coefficient (Wildman–Crippen LogP) is 1.71. The van der Waals surface area contributed by atoms with Crippen LogP contribution in [0.15, 0.2) is 48.8 Å². The van der Waals surface area contributed by atoms with Gasteiger partial charge in [0, 0.05) is 16.1 Å². The van der Waals surface area contributed by atoms with E-state index in [2.05, 4.69) is 15.3 Å². The van der Waals surface area contributed by atoms with Crippen molar-refractivity contribution in [2.75, 3.05) is 5.32 Å². The number of hydrogen-bond donors (Lipinski definition) is 3. The number of rotatable bonds is 3. The molecule has 0 aliphatic heterocycles. The summed E-state index contributed by atoms with van der Waals surface area (Å²) in [5.41, 5.74) is 1.88. The van der Waals surface area contributed by atoms with E-state index in [-0.39, 0.29) is 0 Å². The van der Waals surface area contributed by atoms with Crippen LogP contribution >= 0.6 is 11.6 Å². The minimum atomic E-state index is -1.53. The molecule has 0 atom stereocenters. The normalized spacial score (nSPS) is 10.6. The number of benzene rings is 2. The molecule has 0 radical (unpaired) electrons. The molecular weight excluding hydrogens is 288 g/mol.